The van der Waals surface area contributed by atoms with Crippen LogP contribution in [0.5, 0.6) is 11.5 Å². The smallest absolute Gasteiger partial charge is 0.217 e. The lowest BCUT2D eigenvalue weighted by Gasteiger charge is -2.14. The number of nitrogens with one attached hydrogen (secondary N) is 1. The lowest BCUT2D eigenvalue weighted by atomic mass is 10.0. The van der Waals surface area contributed by atoms with Crippen molar-refractivity contribution < 1.29 is 18.7 Å². The van der Waals surface area contributed by atoms with Crippen molar-refractivity contribution in [3.63, 3.8) is 0 Å². The van der Waals surface area contributed by atoms with Gasteiger partial charge in [0.25, 0.3) is 0 Å². The van der Waals surface area contributed by atoms with Gasteiger partial charge in [0.2, 0.25) is 5.91 Å². The van der Waals surface area contributed by atoms with Gasteiger partial charge < -0.3 is 14.8 Å². The Morgan fingerprint density at radius 2 is 1.71 bits per heavy atom. The summed E-state index contributed by atoms with van der Waals surface area (Å²) in [6.45, 7) is 3.41. The summed E-state index contributed by atoms with van der Waals surface area (Å²) in [6.07, 6.45) is 0.445. The normalized spacial score (nSPS) is 11.7. The number of hydrogen-bond acceptors (Lipinski definition) is 3. The fraction of sp³-hybridized carbons (Fsp3) is 0.316. The fourth-order valence-electron chi connectivity index (χ4n) is 2.56. The molecule has 0 aromatic heterocycles. The van der Waals surface area contributed by atoms with Crippen LogP contribution in [0, 0.1) is 5.82 Å². The zero-order valence-corrected chi connectivity index (χ0v) is 14.4. The first-order valence-electron chi connectivity index (χ1n) is 7.71. The molecule has 4 nitrogen and oxygen atoms in total. The summed E-state index contributed by atoms with van der Waals surface area (Å²) in [4.78, 5) is 11.1. The topological polar surface area (TPSA) is 47.6 Å². The van der Waals surface area contributed by atoms with E-state index in [2.05, 4.69) is 5.32 Å². The van der Waals surface area contributed by atoms with Crippen molar-refractivity contribution in [2.75, 3.05) is 14.2 Å². The number of carbonyl (C=O) groups excluding carboxylic acids is 1. The number of benzene rings is 2. The highest BCUT2D eigenvalue weighted by molar-refractivity contribution is 5.73. The lowest BCUT2D eigenvalue weighted by molar-refractivity contribution is -0.119. The van der Waals surface area contributed by atoms with Crippen LogP contribution in [0.3, 0.4) is 0 Å². The number of halogens is 1. The van der Waals surface area contributed by atoms with Crippen LogP contribution < -0.4 is 14.8 Å². The van der Waals surface area contributed by atoms with E-state index in [1.807, 2.05) is 31.2 Å². The Kier molecular flexibility index (Phi) is 5.79. The minimum Gasteiger partial charge on any atom is -0.493 e. The standard InChI is InChI=1S/C19H22FNO3/c1-12(21-13(2)22)15-7-5-14(6-8-15)9-16-10-18(23-3)19(24-4)11-17(16)20/h5-8,10-12H,9H2,1-4H3,(H,21,22)/t12-/m1/s1. The molecule has 24 heavy (non-hydrogen) atoms. The number of carbonyl (C=O) groups is 1. The van der Waals surface area contributed by atoms with Gasteiger partial charge in [0.1, 0.15) is 5.82 Å². The van der Waals surface area contributed by atoms with Crippen molar-refractivity contribution in [3.8, 4) is 11.5 Å². The molecule has 2 aromatic carbocycles. The third kappa shape index (κ3) is 4.25. The summed E-state index contributed by atoms with van der Waals surface area (Å²) in [5, 5.41) is 2.84. The van der Waals surface area contributed by atoms with Crippen LogP contribution in [0.1, 0.15) is 36.6 Å². The van der Waals surface area contributed by atoms with Gasteiger partial charge in [0, 0.05) is 19.4 Å². The van der Waals surface area contributed by atoms with Crippen LogP contribution in [0.4, 0.5) is 4.39 Å². The van der Waals surface area contributed by atoms with Crippen LogP contribution >= 0.6 is 0 Å². The summed E-state index contributed by atoms with van der Waals surface area (Å²) in [6, 6.07) is 10.7. The van der Waals surface area contributed by atoms with Crippen molar-refractivity contribution in [1.82, 2.24) is 5.32 Å². The molecule has 2 aromatic rings. The quantitative estimate of drug-likeness (QED) is 0.879. The van der Waals surface area contributed by atoms with E-state index in [9.17, 15) is 9.18 Å². The minimum atomic E-state index is -0.330. The second-order valence-corrected chi connectivity index (χ2v) is 5.64. The van der Waals surface area contributed by atoms with Gasteiger partial charge >= 0.3 is 0 Å². The largest absolute Gasteiger partial charge is 0.493 e. The molecule has 0 unspecified atom stereocenters. The fourth-order valence-corrected chi connectivity index (χ4v) is 2.56. The van der Waals surface area contributed by atoms with E-state index in [0.717, 1.165) is 11.1 Å². The number of hydrogen-bond donors (Lipinski definition) is 1. The highest BCUT2D eigenvalue weighted by atomic mass is 19.1. The SMILES string of the molecule is COc1cc(F)c(Cc2ccc([C@@H](C)NC(C)=O)cc2)cc1OC. The van der Waals surface area contributed by atoms with Gasteiger partial charge in [0.05, 0.1) is 20.3 Å². The van der Waals surface area contributed by atoms with Crippen LogP contribution in [0.15, 0.2) is 36.4 Å². The Morgan fingerprint density at radius 3 is 2.25 bits per heavy atom. The summed E-state index contributed by atoms with van der Waals surface area (Å²) >= 11 is 0. The molecule has 0 aliphatic rings. The van der Waals surface area contributed by atoms with E-state index in [-0.39, 0.29) is 17.8 Å². The van der Waals surface area contributed by atoms with Crippen molar-refractivity contribution in [2.45, 2.75) is 26.3 Å². The highest BCUT2D eigenvalue weighted by Crippen LogP contribution is 2.31. The van der Waals surface area contributed by atoms with E-state index in [1.54, 1.807) is 6.07 Å². The molecule has 1 amide bonds. The molecule has 0 radical (unpaired) electrons. The molecule has 0 aliphatic carbocycles. The summed E-state index contributed by atoms with van der Waals surface area (Å²) in [5.74, 6) is 0.477. The third-order valence-electron chi connectivity index (χ3n) is 3.85. The molecule has 0 bridgehead atoms. The molecule has 5 heteroatoms. The van der Waals surface area contributed by atoms with E-state index < -0.39 is 0 Å². The van der Waals surface area contributed by atoms with Crippen LogP contribution in [-0.4, -0.2) is 20.1 Å². The maximum atomic E-state index is 14.2. The maximum absolute atomic E-state index is 14.2. The second kappa shape index (κ2) is 7.81. The summed E-state index contributed by atoms with van der Waals surface area (Å²) in [7, 11) is 3.00. The molecule has 1 atom stereocenters. The first kappa shape index (κ1) is 17.8. The van der Waals surface area contributed by atoms with Gasteiger partial charge in [-0.25, -0.2) is 4.39 Å². The number of rotatable bonds is 6. The van der Waals surface area contributed by atoms with Gasteiger partial charge in [-0.15, -0.1) is 0 Å². The highest BCUT2D eigenvalue weighted by Gasteiger charge is 2.12. The molecular formula is C19H22FNO3. The average Bonchev–Trinajstić information content (AvgIpc) is 2.56. The number of methoxy groups -OCH3 is 2. The van der Waals surface area contributed by atoms with Gasteiger partial charge in [-0.2, -0.15) is 0 Å². The zero-order valence-electron chi connectivity index (χ0n) is 14.4. The van der Waals surface area contributed by atoms with E-state index >= 15 is 0 Å². The second-order valence-electron chi connectivity index (χ2n) is 5.64. The van der Waals surface area contributed by atoms with Gasteiger partial charge in [-0.1, -0.05) is 24.3 Å². The predicted octanol–water partition coefficient (Wildman–Crippen LogP) is 3.63. The average molecular weight is 331 g/mol. The van der Waals surface area contributed by atoms with E-state index in [0.29, 0.717) is 23.5 Å². The minimum absolute atomic E-state index is 0.0608. The Bertz CT molecular complexity index is 713. The first-order valence-corrected chi connectivity index (χ1v) is 7.71. The van der Waals surface area contributed by atoms with Crippen molar-refractivity contribution in [2.24, 2.45) is 0 Å². The van der Waals surface area contributed by atoms with Gasteiger partial charge in [-0.3, -0.25) is 4.79 Å². The molecule has 0 aliphatic heterocycles. The van der Waals surface area contributed by atoms with Crippen molar-refractivity contribution in [1.29, 1.82) is 0 Å². The lowest BCUT2D eigenvalue weighted by Crippen LogP contribution is -2.23. The third-order valence-corrected chi connectivity index (χ3v) is 3.85. The predicted molar refractivity (Wildman–Crippen MR) is 91.0 cm³/mol. The molecule has 0 fully saturated rings. The first-order chi connectivity index (χ1) is 11.4. The van der Waals surface area contributed by atoms with E-state index in [4.69, 9.17) is 9.47 Å². The molecule has 0 heterocycles. The van der Waals surface area contributed by atoms with Crippen LogP contribution in [-0.2, 0) is 11.2 Å². The summed E-state index contributed by atoms with van der Waals surface area (Å²) < 4.78 is 24.5. The molecule has 1 N–H and O–H groups in total. The maximum Gasteiger partial charge on any atom is 0.217 e. The Balaban J connectivity index is 2.18. The molecule has 0 spiro atoms. The zero-order chi connectivity index (χ0) is 17.7. The molecule has 2 rings (SSSR count). The van der Waals surface area contributed by atoms with Crippen LogP contribution in [0.25, 0.3) is 0 Å². The van der Waals surface area contributed by atoms with E-state index in [1.165, 1.54) is 27.2 Å². The Morgan fingerprint density at radius 1 is 1.12 bits per heavy atom. The molecule has 0 saturated heterocycles. The Labute approximate surface area is 141 Å². The van der Waals surface area contributed by atoms with Gasteiger partial charge in [0.15, 0.2) is 11.5 Å². The van der Waals surface area contributed by atoms with Gasteiger partial charge in [-0.05, 0) is 29.7 Å². The Hall–Kier alpha value is -2.56. The van der Waals surface area contributed by atoms with Crippen LogP contribution in [0.2, 0.25) is 0 Å². The monoisotopic (exact) mass is 331 g/mol. The molecular weight excluding hydrogens is 309 g/mol. The number of ether oxygens (including phenoxy) is 2. The molecule has 0 saturated carbocycles. The molecule has 128 valence electrons. The van der Waals surface area contributed by atoms with Crippen molar-refractivity contribution >= 4 is 5.91 Å². The van der Waals surface area contributed by atoms with Crippen molar-refractivity contribution in [3.05, 3.63) is 58.9 Å². The summed E-state index contributed by atoms with van der Waals surface area (Å²) in [5.41, 5.74) is 2.51. The number of amides is 1.